The molecule has 0 bridgehead atoms. The van der Waals surface area contributed by atoms with Crippen LogP contribution >= 0.6 is 0 Å². The third kappa shape index (κ3) is 5.31. The number of amides is 1. The predicted molar refractivity (Wildman–Crippen MR) is 112 cm³/mol. The Hall–Kier alpha value is -1.48. The molecule has 0 saturated carbocycles. The maximum absolute atomic E-state index is 12.8. The van der Waals surface area contributed by atoms with Crippen LogP contribution in [0.3, 0.4) is 0 Å². The van der Waals surface area contributed by atoms with Crippen LogP contribution in [0.2, 0.25) is 0 Å². The second-order valence-corrected chi connectivity index (χ2v) is 9.84. The largest absolute Gasteiger partial charge is 0.350 e. The summed E-state index contributed by atoms with van der Waals surface area (Å²) >= 11 is 0. The van der Waals surface area contributed by atoms with Gasteiger partial charge in [-0.3, -0.25) is 9.69 Å². The summed E-state index contributed by atoms with van der Waals surface area (Å²) in [6.45, 7) is 12.5. The Kier molecular flexibility index (Phi) is 7.61. The number of likely N-dealkylation sites (N-methyl/N-ethyl adjacent to an activating group) is 1. The third-order valence-electron chi connectivity index (χ3n) is 5.69. The van der Waals surface area contributed by atoms with E-state index in [4.69, 9.17) is 0 Å². The van der Waals surface area contributed by atoms with E-state index in [0.717, 1.165) is 31.7 Å². The van der Waals surface area contributed by atoms with E-state index in [1.54, 1.807) is 13.0 Å². The molecule has 0 aliphatic carbocycles. The topological polar surface area (TPSA) is 81.7 Å². The normalized spacial score (nSPS) is 17.7. The van der Waals surface area contributed by atoms with Crippen LogP contribution in [0.15, 0.2) is 17.0 Å². The first-order valence-electron chi connectivity index (χ1n) is 9.82. The number of sulfonamides is 1. The van der Waals surface area contributed by atoms with Gasteiger partial charge in [0.15, 0.2) is 0 Å². The first-order chi connectivity index (χ1) is 13.1. The van der Waals surface area contributed by atoms with Crippen molar-refractivity contribution in [3.8, 4) is 0 Å². The number of nitrogens with one attached hydrogen (secondary N) is 2. The zero-order valence-corrected chi connectivity index (χ0v) is 18.7. The molecule has 1 aromatic carbocycles. The average Bonchev–Trinajstić information content (AvgIpc) is 2.64. The van der Waals surface area contributed by atoms with Gasteiger partial charge in [0.1, 0.15) is 0 Å². The van der Waals surface area contributed by atoms with Crippen molar-refractivity contribution in [3.05, 3.63) is 28.8 Å². The van der Waals surface area contributed by atoms with Gasteiger partial charge in [-0.15, -0.1) is 0 Å². The van der Waals surface area contributed by atoms with Gasteiger partial charge in [0.2, 0.25) is 10.0 Å². The molecule has 1 aliphatic rings. The predicted octanol–water partition coefficient (Wildman–Crippen LogP) is 1.21. The quantitative estimate of drug-likeness (QED) is 0.706. The molecule has 1 heterocycles. The number of hydrogen-bond acceptors (Lipinski definition) is 5. The number of rotatable bonds is 7. The highest BCUT2D eigenvalue weighted by Crippen LogP contribution is 2.21. The first kappa shape index (κ1) is 22.8. The minimum Gasteiger partial charge on any atom is -0.350 e. The standard InChI is InChI=1S/C20H34N4O3S/c1-14(2)18(24-9-7-23(6)8-10-24)13-22-20(25)17-11-15(3)16(4)19(12-17)28(26,27)21-5/h11-12,14,18,21H,7-10,13H2,1-6H3,(H,22,25). The van der Waals surface area contributed by atoms with Crippen LogP contribution < -0.4 is 10.0 Å². The monoisotopic (exact) mass is 410 g/mol. The van der Waals surface area contributed by atoms with Gasteiger partial charge in [-0.25, -0.2) is 13.1 Å². The number of carbonyl (C=O) groups excluding carboxylic acids is 1. The molecule has 158 valence electrons. The van der Waals surface area contributed by atoms with E-state index < -0.39 is 10.0 Å². The lowest BCUT2D eigenvalue weighted by atomic mass is 10.0. The molecule has 1 aromatic rings. The number of benzene rings is 1. The lowest BCUT2D eigenvalue weighted by molar-refractivity contribution is 0.0791. The van der Waals surface area contributed by atoms with Crippen molar-refractivity contribution in [1.82, 2.24) is 19.8 Å². The molecule has 2 N–H and O–H groups in total. The summed E-state index contributed by atoms with van der Waals surface area (Å²) in [7, 11) is -0.117. The minimum atomic E-state index is -3.62. The summed E-state index contributed by atoms with van der Waals surface area (Å²) in [4.78, 5) is 17.7. The fourth-order valence-corrected chi connectivity index (χ4v) is 4.65. The molecule has 2 rings (SSSR count). The van der Waals surface area contributed by atoms with Crippen molar-refractivity contribution in [2.75, 3.05) is 46.8 Å². The summed E-state index contributed by atoms with van der Waals surface area (Å²) in [5, 5.41) is 3.02. The maximum atomic E-state index is 12.8. The molecule has 1 fully saturated rings. The lowest BCUT2D eigenvalue weighted by Crippen LogP contribution is -2.54. The Labute approximate surface area is 169 Å². The van der Waals surface area contributed by atoms with Gasteiger partial charge in [-0.1, -0.05) is 13.8 Å². The minimum absolute atomic E-state index is 0.152. The van der Waals surface area contributed by atoms with E-state index in [-0.39, 0.29) is 16.8 Å². The van der Waals surface area contributed by atoms with Gasteiger partial charge in [-0.2, -0.15) is 0 Å². The van der Waals surface area contributed by atoms with E-state index in [9.17, 15) is 13.2 Å². The number of hydrogen-bond donors (Lipinski definition) is 2. The summed E-state index contributed by atoms with van der Waals surface area (Å²) in [6.07, 6.45) is 0. The molecular formula is C20H34N4O3S. The van der Waals surface area contributed by atoms with Crippen molar-refractivity contribution >= 4 is 15.9 Å². The van der Waals surface area contributed by atoms with E-state index in [1.165, 1.54) is 13.1 Å². The Morgan fingerprint density at radius 1 is 1.14 bits per heavy atom. The Balaban J connectivity index is 2.15. The summed E-state index contributed by atoms with van der Waals surface area (Å²) in [5.41, 5.74) is 1.81. The zero-order valence-electron chi connectivity index (χ0n) is 17.9. The number of piperazine rings is 1. The SMILES string of the molecule is CNS(=O)(=O)c1cc(C(=O)NCC(C(C)C)N2CCN(C)CC2)cc(C)c1C. The molecule has 0 aromatic heterocycles. The van der Waals surface area contributed by atoms with Gasteiger partial charge in [-0.05, 0) is 57.1 Å². The summed E-state index contributed by atoms with van der Waals surface area (Å²) < 4.78 is 26.9. The fourth-order valence-electron chi connectivity index (χ4n) is 3.59. The molecule has 8 heteroatoms. The highest BCUT2D eigenvalue weighted by Gasteiger charge is 2.26. The van der Waals surface area contributed by atoms with Gasteiger partial charge < -0.3 is 10.2 Å². The molecule has 1 aliphatic heterocycles. The number of aryl methyl sites for hydroxylation is 1. The van der Waals surface area contributed by atoms with Crippen LogP contribution in [0.1, 0.15) is 35.3 Å². The Morgan fingerprint density at radius 3 is 2.29 bits per heavy atom. The highest BCUT2D eigenvalue weighted by atomic mass is 32.2. The first-order valence-corrected chi connectivity index (χ1v) is 11.3. The van der Waals surface area contributed by atoms with Crippen molar-refractivity contribution < 1.29 is 13.2 Å². The van der Waals surface area contributed by atoms with Crippen molar-refractivity contribution in [1.29, 1.82) is 0 Å². The molecule has 1 saturated heterocycles. The number of carbonyl (C=O) groups is 1. The van der Waals surface area contributed by atoms with Crippen LogP contribution in [0.25, 0.3) is 0 Å². The number of nitrogens with zero attached hydrogens (tertiary/aromatic N) is 2. The van der Waals surface area contributed by atoms with Crippen LogP contribution in [0.4, 0.5) is 0 Å². The van der Waals surface area contributed by atoms with Crippen molar-refractivity contribution in [3.63, 3.8) is 0 Å². The summed E-state index contributed by atoms with van der Waals surface area (Å²) in [5.74, 6) is 0.166. The smallest absolute Gasteiger partial charge is 0.251 e. The van der Waals surface area contributed by atoms with Crippen LogP contribution in [0, 0.1) is 19.8 Å². The van der Waals surface area contributed by atoms with E-state index in [2.05, 4.69) is 40.7 Å². The molecule has 28 heavy (non-hydrogen) atoms. The second kappa shape index (κ2) is 9.35. The highest BCUT2D eigenvalue weighted by molar-refractivity contribution is 7.89. The van der Waals surface area contributed by atoms with Gasteiger partial charge in [0, 0.05) is 44.3 Å². The summed E-state index contributed by atoms with van der Waals surface area (Å²) in [6, 6.07) is 3.47. The van der Waals surface area contributed by atoms with E-state index in [1.807, 2.05) is 6.92 Å². The van der Waals surface area contributed by atoms with Gasteiger partial charge >= 0.3 is 0 Å². The van der Waals surface area contributed by atoms with Crippen molar-refractivity contribution in [2.24, 2.45) is 5.92 Å². The lowest BCUT2D eigenvalue weighted by Gasteiger charge is -2.39. The second-order valence-electron chi connectivity index (χ2n) is 7.98. The van der Waals surface area contributed by atoms with E-state index >= 15 is 0 Å². The van der Waals surface area contributed by atoms with Crippen LogP contribution in [-0.2, 0) is 10.0 Å². The molecule has 0 spiro atoms. The van der Waals surface area contributed by atoms with Gasteiger partial charge in [0.25, 0.3) is 5.91 Å². The molecule has 1 amide bonds. The van der Waals surface area contributed by atoms with Gasteiger partial charge in [0.05, 0.1) is 4.90 Å². The zero-order chi connectivity index (χ0) is 21.1. The maximum Gasteiger partial charge on any atom is 0.251 e. The third-order valence-corrected chi connectivity index (χ3v) is 7.23. The fraction of sp³-hybridized carbons (Fsp3) is 0.650. The van der Waals surface area contributed by atoms with E-state index in [0.29, 0.717) is 23.6 Å². The van der Waals surface area contributed by atoms with Crippen LogP contribution in [0.5, 0.6) is 0 Å². The Morgan fingerprint density at radius 2 is 1.75 bits per heavy atom. The molecule has 1 unspecified atom stereocenters. The van der Waals surface area contributed by atoms with Crippen molar-refractivity contribution in [2.45, 2.75) is 38.6 Å². The molecular weight excluding hydrogens is 376 g/mol. The Bertz CT molecular complexity index is 800. The molecule has 7 nitrogen and oxygen atoms in total. The average molecular weight is 411 g/mol. The molecule has 1 atom stereocenters. The van der Waals surface area contributed by atoms with Crippen LogP contribution in [-0.4, -0.2) is 77.0 Å². The molecule has 0 radical (unpaired) electrons.